The highest BCUT2D eigenvalue weighted by Crippen LogP contribution is 2.21. The highest BCUT2D eigenvalue weighted by molar-refractivity contribution is 14.0. The molecule has 1 aliphatic rings. The van der Waals surface area contributed by atoms with Crippen LogP contribution in [0.5, 0.6) is 0 Å². The van der Waals surface area contributed by atoms with E-state index < -0.39 is 0 Å². The Labute approximate surface area is 165 Å². The smallest absolute Gasteiger partial charge is 0.194 e. The number of pyridine rings is 1. The number of nitrogens with zero attached hydrogens (tertiary/aromatic N) is 4. The number of nitrogens with one attached hydrogen (secondary N) is 1. The van der Waals surface area contributed by atoms with Crippen LogP contribution >= 0.6 is 35.7 Å². The van der Waals surface area contributed by atoms with Crippen LogP contribution in [-0.2, 0) is 6.54 Å². The molecule has 2 aromatic rings. The van der Waals surface area contributed by atoms with Gasteiger partial charge in [-0.3, -0.25) is 4.99 Å². The lowest BCUT2D eigenvalue weighted by molar-refractivity contribution is 0.408. The molecule has 1 atom stereocenters. The average Bonchev–Trinajstić information content (AvgIpc) is 2.97. The SMILES string of the molecule is CCC1CN(C(=NC)NCc2cn3ccc(C)cc3n2)CCS1.I. The topological polar surface area (TPSA) is 44.9 Å². The summed E-state index contributed by atoms with van der Waals surface area (Å²) >= 11 is 2.07. The van der Waals surface area contributed by atoms with Crippen molar-refractivity contribution < 1.29 is 0 Å². The molecule has 132 valence electrons. The van der Waals surface area contributed by atoms with Crippen molar-refractivity contribution >= 4 is 47.3 Å². The first kappa shape index (κ1) is 19.4. The molecule has 3 rings (SSSR count). The highest BCUT2D eigenvalue weighted by Gasteiger charge is 2.21. The lowest BCUT2D eigenvalue weighted by Gasteiger charge is -2.34. The fourth-order valence-electron chi connectivity index (χ4n) is 2.88. The number of aryl methyl sites for hydroxylation is 1. The van der Waals surface area contributed by atoms with Crippen molar-refractivity contribution in [1.29, 1.82) is 0 Å². The van der Waals surface area contributed by atoms with Crippen LogP contribution in [0.1, 0.15) is 24.6 Å². The summed E-state index contributed by atoms with van der Waals surface area (Å²) in [6.45, 7) is 7.19. The van der Waals surface area contributed by atoms with E-state index in [0.29, 0.717) is 11.8 Å². The molecule has 1 unspecified atom stereocenters. The molecule has 24 heavy (non-hydrogen) atoms. The van der Waals surface area contributed by atoms with Gasteiger partial charge in [0, 0.05) is 43.5 Å². The van der Waals surface area contributed by atoms with Gasteiger partial charge in [0.25, 0.3) is 0 Å². The van der Waals surface area contributed by atoms with E-state index in [-0.39, 0.29) is 24.0 Å². The van der Waals surface area contributed by atoms with Crippen LogP contribution in [0, 0.1) is 6.92 Å². The summed E-state index contributed by atoms with van der Waals surface area (Å²) in [6.07, 6.45) is 5.35. The Kier molecular flexibility index (Phi) is 7.21. The molecule has 1 aliphatic heterocycles. The van der Waals surface area contributed by atoms with Crippen molar-refractivity contribution in [1.82, 2.24) is 19.6 Å². The molecule has 5 nitrogen and oxygen atoms in total. The van der Waals surface area contributed by atoms with Gasteiger partial charge in [-0.1, -0.05) is 6.92 Å². The Hall–Kier alpha value is -0.960. The van der Waals surface area contributed by atoms with Crippen molar-refractivity contribution in [3.05, 3.63) is 35.8 Å². The number of thioether (sulfide) groups is 1. The lowest BCUT2D eigenvalue weighted by atomic mass is 10.3. The molecule has 1 fully saturated rings. The van der Waals surface area contributed by atoms with Crippen LogP contribution in [0.25, 0.3) is 5.65 Å². The van der Waals surface area contributed by atoms with Gasteiger partial charge >= 0.3 is 0 Å². The van der Waals surface area contributed by atoms with Crippen LogP contribution in [-0.4, -0.2) is 51.4 Å². The first-order valence-electron chi connectivity index (χ1n) is 8.21. The molecule has 0 radical (unpaired) electrons. The van der Waals surface area contributed by atoms with E-state index >= 15 is 0 Å². The summed E-state index contributed by atoms with van der Waals surface area (Å²) in [6, 6.07) is 4.20. The van der Waals surface area contributed by atoms with Gasteiger partial charge in [0.1, 0.15) is 5.65 Å². The number of aromatic nitrogens is 2. The third-order valence-electron chi connectivity index (χ3n) is 4.20. The number of guanidine groups is 1. The summed E-state index contributed by atoms with van der Waals surface area (Å²) in [7, 11) is 1.86. The van der Waals surface area contributed by atoms with Crippen molar-refractivity contribution in [2.24, 2.45) is 4.99 Å². The van der Waals surface area contributed by atoms with Gasteiger partial charge < -0.3 is 14.6 Å². The quantitative estimate of drug-likeness (QED) is 0.435. The van der Waals surface area contributed by atoms with E-state index in [0.717, 1.165) is 30.4 Å². The van der Waals surface area contributed by atoms with Crippen molar-refractivity contribution in [2.75, 3.05) is 25.9 Å². The second-order valence-corrected chi connectivity index (χ2v) is 7.36. The molecule has 0 bridgehead atoms. The second-order valence-electron chi connectivity index (χ2n) is 5.95. The summed E-state index contributed by atoms with van der Waals surface area (Å²) in [5, 5.41) is 4.18. The van der Waals surface area contributed by atoms with Gasteiger partial charge in [-0.05, 0) is 31.0 Å². The van der Waals surface area contributed by atoms with Gasteiger partial charge in [0.15, 0.2) is 5.96 Å². The molecule has 0 saturated carbocycles. The maximum Gasteiger partial charge on any atom is 0.194 e. The van der Waals surface area contributed by atoms with Gasteiger partial charge in [0.2, 0.25) is 0 Å². The summed E-state index contributed by atoms with van der Waals surface area (Å²) in [5.41, 5.74) is 3.27. The van der Waals surface area contributed by atoms with Gasteiger partial charge in [0.05, 0.1) is 12.2 Å². The first-order chi connectivity index (χ1) is 11.2. The largest absolute Gasteiger partial charge is 0.351 e. The van der Waals surface area contributed by atoms with Crippen LogP contribution in [0.3, 0.4) is 0 Å². The summed E-state index contributed by atoms with van der Waals surface area (Å²) in [4.78, 5) is 11.5. The molecule has 3 heterocycles. The normalized spacial score (nSPS) is 18.5. The maximum atomic E-state index is 4.68. The van der Waals surface area contributed by atoms with E-state index in [1.165, 1.54) is 17.7 Å². The number of halogens is 1. The molecule has 0 amide bonds. The molecule has 0 aromatic carbocycles. The minimum Gasteiger partial charge on any atom is -0.351 e. The predicted molar refractivity (Wildman–Crippen MR) is 114 cm³/mol. The second kappa shape index (κ2) is 8.94. The Bertz CT molecular complexity index is 699. The molecule has 0 aliphatic carbocycles. The number of aliphatic imine (C=N–C) groups is 1. The fraction of sp³-hybridized carbons (Fsp3) is 0.529. The lowest BCUT2D eigenvalue weighted by Crippen LogP contribution is -2.47. The molecule has 0 spiro atoms. The summed E-state index contributed by atoms with van der Waals surface area (Å²) in [5.74, 6) is 2.16. The predicted octanol–water partition coefficient (Wildman–Crippen LogP) is 3.16. The minimum atomic E-state index is 0. The molecule has 1 saturated heterocycles. The Morgan fingerprint density at radius 1 is 1.50 bits per heavy atom. The van der Waals surface area contributed by atoms with E-state index in [4.69, 9.17) is 0 Å². The third kappa shape index (κ3) is 4.56. The zero-order valence-electron chi connectivity index (χ0n) is 14.5. The Morgan fingerprint density at radius 2 is 2.33 bits per heavy atom. The van der Waals surface area contributed by atoms with E-state index in [1.54, 1.807) is 0 Å². The van der Waals surface area contributed by atoms with Crippen molar-refractivity contribution in [3.63, 3.8) is 0 Å². The van der Waals surface area contributed by atoms with Crippen LogP contribution in [0.2, 0.25) is 0 Å². The third-order valence-corrected chi connectivity index (χ3v) is 5.57. The van der Waals surface area contributed by atoms with Crippen molar-refractivity contribution in [3.8, 4) is 0 Å². The molecule has 2 aromatic heterocycles. The highest BCUT2D eigenvalue weighted by atomic mass is 127. The first-order valence-corrected chi connectivity index (χ1v) is 9.26. The van der Waals surface area contributed by atoms with Gasteiger partial charge in [-0.25, -0.2) is 4.98 Å². The molecule has 1 N–H and O–H groups in total. The minimum absolute atomic E-state index is 0. The van der Waals surface area contributed by atoms with Crippen molar-refractivity contribution in [2.45, 2.75) is 32.1 Å². The monoisotopic (exact) mass is 459 g/mol. The van der Waals surface area contributed by atoms with E-state index in [9.17, 15) is 0 Å². The Morgan fingerprint density at radius 3 is 3.08 bits per heavy atom. The zero-order valence-corrected chi connectivity index (χ0v) is 17.7. The van der Waals surface area contributed by atoms with E-state index in [1.807, 2.05) is 7.05 Å². The Balaban J connectivity index is 0.00000208. The number of fused-ring (bicyclic) bond motifs is 1. The number of hydrogen-bond acceptors (Lipinski definition) is 3. The number of rotatable bonds is 3. The molecule has 7 heteroatoms. The molecular formula is C17H26IN5S. The zero-order chi connectivity index (χ0) is 16.2. The van der Waals surface area contributed by atoms with Crippen LogP contribution < -0.4 is 5.32 Å². The average molecular weight is 459 g/mol. The van der Waals surface area contributed by atoms with Crippen LogP contribution in [0.4, 0.5) is 0 Å². The molecular weight excluding hydrogens is 433 g/mol. The van der Waals surface area contributed by atoms with Crippen LogP contribution in [0.15, 0.2) is 29.5 Å². The maximum absolute atomic E-state index is 4.68. The fourth-order valence-corrected chi connectivity index (χ4v) is 4.06. The number of hydrogen-bond donors (Lipinski definition) is 1. The standard InChI is InChI=1S/C17H25N5S.HI/c1-4-15-12-22(7-8-23-15)17(18-3)19-10-14-11-21-6-5-13(2)9-16(21)20-14;/h5-6,9,11,15H,4,7-8,10,12H2,1-3H3,(H,18,19);1H. The van der Waals surface area contributed by atoms with Gasteiger partial charge in [-0.15, -0.1) is 24.0 Å². The number of imidazole rings is 1. The summed E-state index contributed by atoms with van der Waals surface area (Å²) < 4.78 is 2.07. The van der Waals surface area contributed by atoms with Gasteiger partial charge in [-0.2, -0.15) is 11.8 Å². The van der Waals surface area contributed by atoms with E-state index in [2.05, 4.69) is 74.7 Å².